The third-order valence-corrected chi connectivity index (χ3v) is 4.60. The zero-order valence-corrected chi connectivity index (χ0v) is 14.2. The van der Waals surface area contributed by atoms with Crippen LogP contribution in [0.4, 0.5) is 4.79 Å². The van der Waals surface area contributed by atoms with E-state index in [0.717, 1.165) is 16.3 Å². The predicted molar refractivity (Wildman–Crippen MR) is 93.2 cm³/mol. The average molecular weight is 342 g/mol. The lowest BCUT2D eigenvalue weighted by atomic mass is 10.0. The van der Waals surface area contributed by atoms with Gasteiger partial charge in [0.05, 0.1) is 23.9 Å². The SMILES string of the molecule is CC1=C(C(=O)NCc2nc(-c3ccccc3)cs2)[C@H](C)NC(=O)N1. The average Bonchev–Trinajstić information content (AvgIpc) is 3.02. The van der Waals surface area contributed by atoms with Crippen molar-refractivity contribution in [3.8, 4) is 11.3 Å². The van der Waals surface area contributed by atoms with Gasteiger partial charge in [-0.25, -0.2) is 9.78 Å². The highest BCUT2D eigenvalue weighted by molar-refractivity contribution is 7.09. The van der Waals surface area contributed by atoms with E-state index in [4.69, 9.17) is 0 Å². The van der Waals surface area contributed by atoms with Crippen LogP contribution in [0.3, 0.4) is 0 Å². The fraction of sp³-hybridized carbons (Fsp3) is 0.235. The molecule has 24 heavy (non-hydrogen) atoms. The van der Waals surface area contributed by atoms with Gasteiger partial charge in [0.2, 0.25) is 0 Å². The van der Waals surface area contributed by atoms with Crippen molar-refractivity contribution in [2.75, 3.05) is 0 Å². The molecular formula is C17H18N4O2S. The second-order valence-electron chi connectivity index (χ2n) is 5.53. The molecule has 0 fully saturated rings. The normalized spacial score (nSPS) is 17.2. The van der Waals surface area contributed by atoms with Crippen LogP contribution in [-0.4, -0.2) is 23.0 Å². The largest absolute Gasteiger partial charge is 0.346 e. The summed E-state index contributed by atoms with van der Waals surface area (Å²) in [6, 6.07) is 9.30. The topological polar surface area (TPSA) is 83.1 Å². The molecule has 3 N–H and O–H groups in total. The van der Waals surface area contributed by atoms with E-state index in [-0.39, 0.29) is 18.0 Å². The summed E-state index contributed by atoms with van der Waals surface area (Å²) in [7, 11) is 0. The van der Waals surface area contributed by atoms with Gasteiger partial charge in [0, 0.05) is 16.6 Å². The van der Waals surface area contributed by atoms with Crippen molar-refractivity contribution in [2.24, 2.45) is 0 Å². The lowest BCUT2D eigenvalue weighted by Crippen LogP contribution is -2.50. The third-order valence-electron chi connectivity index (χ3n) is 3.75. The Bertz CT molecular complexity index is 798. The number of thiazole rings is 1. The zero-order chi connectivity index (χ0) is 17.1. The number of nitrogens with zero attached hydrogens (tertiary/aromatic N) is 1. The number of hydrogen-bond donors (Lipinski definition) is 3. The van der Waals surface area contributed by atoms with Crippen LogP contribution in [0.2, 0.25) is 0 Å². The van der Waals surface area contributed by atoms with Gasteiger partial charge in [-0.05, 0) is 13.8 Å². The zero-order valence-electron chi connectivity index (χ0n) is 13.4. The highest BCUT2D eigenvalue weighted by Crippen LogP contribution is 2.21. The minimum atomic E-state index is -0.324. The Labute approximate surface area is 144 Å². The molecule has 3 amide bonds. The molecule has 0 unspecified atom stereocenters. The van der Waals surface area contributed by atoms with E-state index in [2.05, 4.69) is 20.9 Å². The summed E-state index contributed by atoms with van der Waals surface area (Å²) in [6.45, 7) is 3.86. The van der Waals surface area contributed by atoms with E-state index in [1.807, 2.05) is 35.7 Å². The van der Waals surface area contributed by atoms with Gasteiger partial charge in [0.15, 0.2) is 0 Å². The molecule has 2 heterocycles. The van der Waals surface area contributed by atoms with Crippen LogP contribution >= 0.6 is 11.3 Å². The Morgan fingerprint density at radius 1 is 1.33 bits per heavy atom. The molecule has 3 rings (SSSR count). The lowest BCUT2D eigenvalue weighted by Gasteiger charge is -2.25. The van der Waals surface area contributed by atoms with Crippen LogP contribution in [0.5, 0.6) is 0 Å². The number of hydrogen-bond acceptors (Lipinski definition) is 4. The molecule has 7 heteroatoms. The summed E-state index contributed by atoms with van der Waals surface area (Å²) < 4.78 is 0. The monoisotopic (exact) mass is 342 g/mol. The van der Waals surface area contributed by atoms with Crippen molar-refractivity contribution in [1.29, 1.82) is 0 Å². The maximum Gasteiger partial charge on any atom is 0.319 e. The fourth-order valence-electron chi connectivity index (χ4n) is 2.62. The van der Waals surface area contributed by atoms with Crippen LogP contribution in [0, 0.1) is 0 Å². The Morgan fingerprint density at radius 2 is 2.08 bits per heavy atom. The van der Waals surface area contributed by atoms with Gasteiger partial charge in [-0.2, -0.15) is 0 Å². The van der Waals surface area contributed by atoms with Gasteiger partial charge < -0.3 is 16.0 Å². The van der Waals surface area contributed by atoms with E-state index in [1.54, 1.807) is 13.8 Å². The maximum atomic E-state index is 12.4. The number of nitrogens with one attached hydrogen (secondary N) is 3. The molecule has 0 radical (unpaired) electrons. The Hall–Kier alpha value is -2.67. The molecule has 1 aromatic carbocycles. The Morgan fingerprint density at radius 3 is 2.79 bits per heavy atom. The predicted octanol–water partition coefficient (Wildman–Crippen LogP) is 2.40. The van der Waals surface area contributed by atoms with Crippen molar-refractivity contribution in [1.82, 2.24) is 20.9 Å². The Kier molecular flexibility index (Phi) is 4.61. The second kappa shape index (κ2) is 6.84. The van der Waals surface area contributed by atoms with E-state index >= 15 is 0 Å². The summed E-state index contributed by atoms with van der Waals surface area (Å²) in [4.78, 5) is 28.3. The summed E-state index contributed by atoms with van der Waals surface area (Å²) in [6.07, 6.45) is 0. The number of allylic oxidation sites excluding steroid dienone is 1. The van der Waals surface area contributed by atoms with Crippen LogP contribution < -0.4 is 16.0 Å². The first-order chi connectivity index (χ1) is 11.5. The summed E-state index contributed by atoms with van der Waals surface area (Å²) >= 11 is 1.51. The molecule has 2 aromatic rings. The van der Waals surface area contributed by atoms with Crippen molar-refractivity contribution in [3.05, 3.63) is 52.0 Å². The van der Waals surface area contributed by atoms with Gasteiger partial charge >= 0.3 is 6.03 Å². The molecule has 0 spiro atoms. The molecule has 1 atom stereocenters. The second-order valence-corrected chi connectivity index (χ2v) is 6.48. The number of benzene rings is 1. The fourth-order valence-corrected chi connectivity index (χ4v) is 3.36. The van der Waals surface area contributed by atoms with E-state index < -0.39 is 0 Å². The van der Waals surface area contributed by atoms with Crippen LogP contribution in [0.1, 0.15) is 18.9 Å². The first-order valence-electron chi connectivity index (χ1n) is 7.61. The van der Waals surface area contributed by atoms with Gasteiger partial charge in [0.1, 0.15) is 5.01 Å². The molecule has 0 saturated carbocycles. The van der Waals surface area contributed by atoms with Crippen molar-refractivity contribution in [3.63, 3.8) is 0 Å². The number of aromatic nitrogens is 1. The highest BCUT2D eigenvalue weighted by atomic mass is 32.1. The van der Waals surface area contributed by atoms with E-state index in [0.29, 0.717) is 17.8 Å². The highest BCUT2D eigenvalue weighted by Gasteiger charge is 2.26. The molecule has 0 saturated heterocycles. The molecule has 0 aliphatic carbocycles. The summed E-state index contributed by atoms with van der Waals surface area (Å²) in [5.41, 5.74) is 3.07. The first-order valence-corrected chi connectivity index (χ1v) is 8.49. The number of urea groups is 1. The van der Waals surface area contributed by atoms with E-state index in [1.165, 1.54) is 11.3 Å². The number of carbonyl (C=O) groups excluding carboxylic acids is 2. The number of rotatable bonds is 4. The third kappa shape index (κ3) is 3.46. The molecule has 1 aliphatic heterocycles. The molecular weight excluding hydrogens is 324 g/mol. The number of carbonyl (C=O) groups is 2. The molecule has 1 aromatic heterocycles. The van der Waals surface area contributed by atoms with Gasteiger partial charge in [-0.1, -0.05) is 30.3 Å². The molecule has 1 aliphatic rings. The number of amides is 3. The lowest BCUT2D eigenvalue weighted by molar-refractivity contribution is -0.118. The quantitative estimate of drug-likeness (QED) is 0.798. The van der Waals surface area contributed by atoms with Crippen LogP contribution in [0.15, 0.2) is 47.0 Å². The van der Waals surface area contributed by atoms with Gasteiger partial charge in [-0.3, -0.25) is 4.79 Å². The standard InChI is InChI=1S/C17H18N4O2S/c1-10-15(11(2)20-17(23)19-10)16(22)18-8-14-21-13(9-24-14)12-6-4-3-5-7-12/h3-7,9-10H,8H2,1-2H3,(H,18,22)(H2,19,20,23)/t10-/m0/s1. The van der Waals surface area contributed by atoms with E-state index in [9.17, 15) is 9.59 Å². The molecule has 0 bridgehead atoms. The maximum absolute atomic E-state index is 12.4. The Balaban J connectivity index is 1.66. The molecule has 6 nitrogen and oxygen atoms in total. The summed E-state index contributed by atoms with van der Waals surface area (Å²) in [5.74, 6) is -0.205. The first kappa shape index (κ1) is 16.2. The molecule has 124 valence electrons. The van der Waals surface area contributed by atoms with Crippen molar-refractivity contribution in [2.45, 2.75) is 26.4 Å². The van der Waals surface area contributed by atoms with Gasteiger partial charge in [0.25, 0.3) is 5.91 Å². The minimum absolute atomic E-state index is 0.205. The minimum Gasteiger partial charge on any atom is -0.346 e. The van der Waals surface area contributed by atoms with Crippen molar-refractivity contribution < 1.29 is 9.59 Å². The summed E-state index contributed by atoms with van der Waals surface area (Å²) in [5, 5.41) is 11.0. The smallest absolute Gasteiger partial charge is 0.319 e. The van der Waals surface area contributed by atoms with Crippen molar-refractivity contribution >= 4 is 23.3 Å². The van der Waals surface area contributed by atoms with Crippen LogP contribution in [0.25, 0.3) is 11.3 Å². The van der Waals surface area contributed by atoms with Crippen LogP contribution in [-0.2, 0) is 11.3 Å². The van der Waals surface area contributed by atoms with Gasteiger partial charge in [-0.15, -0.1) is 11.3 Å².